The molecule has 1 aromatic carbocycles. The van der Waals surface area contributed by atoms with Gasteiger partial charge >= 0.3 is 0 Å². The number of anilines is 1. The van der Waals surface area contributed by atoms with Gasteiger partial charge in [0.1, 0.15) is 5.82 Å². The van der Waals surface area contributed by atoms with Crippen LogP contribution in [0.2, 0.25) is 0 Å². The first kappa shape index (κ1) is 16.6. The third-order valence-electron chi connectivity index (χ3n) is 3.12. The SMILES string of the molecule is O=C(CSCc1cccnc1)Nc1nc(-c2ccc(F)cc2)cs1. The summed E-state index contributed by atoms with van der Waals surface area (Å²) in [4.78, 5) is 20.4. The van der Waals surface area contributed by atoms with Gasteiger partial charge in [0.15, 0.2) is 5.13 Å². The van der Waals surface area contributed by atoms with Crippen LogP contribution in [-0.2, 0) is 10.5 Å². The molecular weight excluding hydrogens is 345 g/mol. The van der Waals surface area contributed by atoms with Gasteiger partial charge in [0, 0.05) is 29.1 Å². The van der Waals surface area contributed by atoms with Gasteiger partial charge in [-0.3, -0.25) is 9.78 Å². The number of carbonyl (C=O) groups is 1. The summed E-state index contributed by atoms with van der Waals surface area (Å²) in [6.07, 6.45) is 3.52. The van der Waals surface area contributed by atoms with Gasteiger partial charge in [-0.1, -0.05) is 6.07 Å². The van der Waals surface area contributed by atoms with Gasteiger partial charge in [0.25, 0.3) is 0 Å². The fourth-order valence-electron chi connectivity index (χ4n) is 1.98. The molecule has 0 saturated carbocycles. The number of thioether (sulfide) groups is 1. The maximum absolute atomic E-state index is 12.9. The Hall–Kier alpha value is -2.25. The van der Waals surface area contributed by atoms with Crippen LogP contribution in [0.4, 0.5) is 9.52 Å². The number of benzene rings is 1. The average Bonchev–Trinajstić information content (AvgIpc) is 3.05. The topological polar surface area (TPSA) is 54.9 Å². The highest BCUT2D eigenvalue weighted by molar-refractivity contribution is 7.99. The van der Waals surface area contributed by atoms with Crippen molar-refractivity contribution in [2.24, 2.45) is 0 Å². The molecule has 24 heavy (non-hydrogen) atoms. The van der Waals surface area contributed by atoms with Crippen molar-refractivity contribution >= 4 is 34.1 Å². The largest absolute Gasteiger partial charge is 0.301 e. The Morgan fingerprint density at radius 2 is 2.08 bits per heavy atom. The Morgan fingerprint density at radius 3 is 2.83 bits per heavy atom. The van der Waals surface area contributed by atoms with E-state index in [1.165, 1.54) is 35.2 Å². The summed E-state index contributed by atoms with van der Waals surface area (Å²) in [5.74, 6) is 0.706. The maximum Gasteiger partial charge on any atom is 0.236 e. The minimum absolute atomic E-state index is 0.0936. The summed E-state index contributed by atoms with van der Waals surface area (Å²) in [6, 6.07) is 9.97. The van der Waals surface area contributed by atoms with Gasteiger partial charge in [-0.25, -0.2) is 9.37 Å². The van der Waals surface area contributed by atoms with Gasteiger partial charge in [-0.15, -0.1) is 23.1 Å². The molecule has 0 atom stereocenters. The van der Waals surface area contributed by atoms with E-state index in [4.69, 9.17) is 0 Å². The Bertz CT molecular complexity index is 806. The van der Waals surface area contributed by atoms with Crippen LogP contribution in [0, 0.1) is 5.82 Å². The zero-order valence-corrected chi connectivity index (χ0v) is 14.2. The van der Waals surface area contributed by atoms with Crippen molar-refractivity contribution in [1.82, 2.24) is 9.97 Å². The number of nitrogens with one attached hydrogen (secondary N) is 1. The molecular formula is C17H14FN3OS2. The highest BCUT2D eigenvalue weighted by atomic mass is 32.2. The van der Waals surface area contributed by atoms with Crippen molar-refractivity contribution in [2.75, 3.05) is 11.1 Å². The van der Waals surface area contributed by atoms with Gasteiger partial charge in [-0.2, -0.15) is 0 Å². The molecule has 0 bridgehead atoms. The first-order valence-electron chi connectivity index (χ1n) is 7.19. The lowest BCUT2D eigenvalue weighted by Crippen LogP contribution is -2.13. The van der Waals surface area contributed by atoms with E-state index in [9.17, 15) is 9.18 Å². The predicted molar refractivity (Wildman–Crippen MR) is 96.5 cm³/mol. The molecule has 7 heteroatoms. The fourth-order valence-corrected chi connectivity index (χ4v) is 3.49. The molecule has 0 fully saturated rings. The molecule has 0 aliphatic carbocycles. The highest BCUT2D eigenvalue weighted by Gasteiger charge is 2.08. The van der Waals surface area contributed by atoms with Crippen molar-refractivity contribution in [3.63, 3.8) is 0 Å². The van der Waals surface area contributed by atoms with Gasteiger partial charge < -0.3 is 5.32 Å². The Labute approximate surface area is 147 Å². The molecule has 2 aromatic heterocycles. The summed E-state index contributed by atoms with van der Waals surface area (Å²) >= 11 is 2.87. The lowest BCUT2D eigenvalue weighted by atomic mass is 10.2. The molecule has 1 amide bonds. The Balaban J connectivity index is 1.51. The van der Waals surface area contributed by atoms with Crippen LogP contribution in [0.1, 0.15) is 5.56 Å². The van der Waals surface area contributed by atoms with Crippen molar-refractivity contribution in [3.8, 4) is 11.3 Å². The molecule has 0 saturated heterocycles. The Morgan fingerprint density at radius 1 is 1.25 bits per heavy atom. The minimum Gasteiger partial charge on any atom is -0.301 e. The van der Waals surface area contributed by atoms with E-state index >= 15 is 0 Å². The van der Waals surface area contributed by atoms with Crippen LogP contribution in [0.3, 0.4) is 0 Å². The molecule has 0 spiro atoms. The second-order valence-corrected chi connectivity index (χ2v) is 6.79. The van der Waals surface area contributed by atoms with E-state index in [0.29, 0.717) is 10.9 Å². The first-order chi connectivity index (χ1) is 11.7. The lowest BCUT2D eigenvalue weighted by molar-refractivity contribution is -0.113. The number of hydrogen-bond donors (Lipinski definition) is 1. The second-order valence-electron chi connectivity index (χ2n) is 4.95. The Kier molecular flexibility index (Phi) is 5.55. The number of hydrogen-bond acceptors (Lipinski definition) is 5. The third kappa shape index (κ3) is 4.62. The van der Waals surface area contributed by atoms with Crippen molar-refractivity contribution in [3.05, 3.63) is 65.6 Å². The van der Waals surface area contributed by atoms with Gasteiger partial charge in [-0.05, 0) is 35.9 Å². The number of thiazole rings is 1. The summed E-state index contributed by atoms with van der Waals surface area (Å²) in [6.45, 7) is 0. The van der Waals surface area contributed by atoms with Crippen LogP contribution in [0.5, 0.6) is 0 Å². The fraction of sp³-hybridized carbons (Fsp3) is 0.118. The number of rotatable bonds is 6. The van der Waals surface area contributed by atoms with Crippen molar-refractivity contribution in [2.45, 2.75) is 5.75 Å². The number of pyridine rings is 1. The minimum atomic E-state index is -0.284. The van der Waals surface area contributed by atoms with E-state index in [1.54, 1.807) is 24.5 Å². The van der Waals surface area contributed by atoms with Crippen LogP contribution in [-0.4, -0.2) is 21.6 Å². The monoisotopic (exact) mass is 359 g/mol. The normalized spacial score (nSPS) is 10.5. The molecule has 3 aromatic rings. The number of aromatic nitrogens is 2. The van der Waals surface area contributed by atoms with Crippen LogP contribution >= 0.6 is 23.1 Å². The summed E-state index contributed by atoms with van der Waals surface area (Å²) in [5.41, 5.74) is 2.63. The quantitative estimate of drug-likeness (QED) is 0.716. The third-order valence-corrected chi connectivity index (χ3v) is 4.88. The molecule has 2 heterocycles. The molecule has 0 aliphatic rings. The van der Waals surface area contributed by atoms with Gasteiger partial charge in [0.2, 0.25) is 5.91 Å². The molecule has 4 nitrogen and oxygen atoms in total. The molecule has 3 rings (SSSR count). The maximum atomic E-state index is 12.9. The average molecular weight is 359 g/mol. The summed E-state index contributed by atoms with van der Waals surface area (Å²) < 4.78 is 12.9. The lowest BCUT2D eigenvalue weighted by Gasteiger charge is -2.02. The number of carbonyl (C=O) groups excluding carboxylic acids is 1. The molecule has 122 valence electrons. The van der Waals surface area contributed by atoms with Crippen LogP contribution in [0.15, 0.2) is 54.2 Å². The zero-order chi connectivity index (χ0) is 16.8. The predicted octanol–water partition coefficient (Wildman–Crippen LogP) is 4.22. The molecule has 0 unspecified atom stereocenters. The van der Waals surface area contributed by atoms with E-state index < -0.39 is 0 Å². The highest BCUT2D eigenvalue weighted by Crippen LogP contribution is 2.25. The van der Waals surface area contributed by atoms with E-state index in [0.717, 1.165) is 22.6 Å². The van der Waals surface area contributed by atoms with Crippen molar-refractivity contribution in [1.29, 1.82) is 0 Å². The zero-order valence-electron chi connectivity index (χ0n) is 12.6. The molecule has 0 radical (unpaired) electrons. The van der Waals surface area contributed by atoms with E-state index in [2.05, 4.69) is 15.3 Å². The van der Waals surface area contributed by atoms with Gasteiger partial charge in [0.05, 0.1) is 11.4 Å². The molecule has 0 aliphatic heterocycles. The van der Waals surface area contributed by atoms with Crippen LogP contribution in [0.25, 0.3) is 11.3 Å². The van der Waals surface area contributed by atoms with E-state index in [-0.39, 0.29) is 11.7 Å². The van der Waals surface area contributed by atoms with Crippen LogP contribution < -0.4 is 5.32 Å². The summed E-state index contributed by atoms with van der Waals surface area (Å²) in [5, 5.41) is 5.17. The number of halogens is 1. The van der Waals surface area contributed by atoms with Crippen molar-refractivity contribution < 1.29 is 9.18 Å². The molecule has 1 N–H and O–H groups in total. The number of amides is 1. The standard InChI is InChI=1S/C17H14FN3OS2/c18-14-5-3-13(4-6-14)15-10-24-17(20-15)21-16(22)11-23-9-12-2-1-7-19-8-12/h1-8,10H,9,11H2,(H,20,21,22). The van der Waals surface area contributed by atoms with E-state index in [1.807, 2.05) is 17.5 Å². The smallest absolute Gasteiger partial charge is 0.236 e. The number of nitrogens with zero attached hydrogens (tertiary/aromatic N) is 2. The second kappa shape index (κ2) is 8.03. The first-order valence-corrected chi connectivity index (χ1v) is 9.22. The summed E-state index contributed by atoms with van der Waals surface area (Å²) in [7, 11) is 0.